The van der Waals surface area contributed by atoms with Crippen LogP contribution in [0, 0.1) is 10.1 Å². The third-order valence-corrected chi connectivity index (χ3v) is 2.52. The molecular formula is C11H14N2O5. The molecule has 7 heteroatoms. The summed E-state index contributed by atoms with van der Waals surface area (Å²) >= 11 is 0. The molecule has 98 valence electrons. The SMILES string of the molecule is CCC(C)(C)Oc1cc(C(=O)O)c([N+](=O)[O-])cn1. The summed E-state index contributed by atoms with van der Waals surface area (Å²) in [5.74, 6) is -1.33. The van der Waals surface area contributed by atoms with E-state index in [4.69, 9.17) is 9.84 Å². The van der Waals surface area contributed by atoms with Crippen molar-refractivity contribution in [2.75, 3.05) is 0 Å². The third-order valence-electron chi connectivity index (χ3n) is 2.52. The first-order valence-electron chi connectivity index (χ1n) is 5.33. The zero-order valence-electron chi connectivity index (χ0n) is 10.3. The van der Waals surface area contributed by atoms with Gasteiger partial charge in [0.1, 0.15) is 17.4 Å². The zero-order valence-corrected chi connectivity index (χ0v) is 10.3. The Morgan fingerprint density at radius 3 is 2.67 bits per heavy atom. The van der Waals surface area contributed by atoms with Gasteiger partial charge in [0.05, 0.1) is 4.92 Å². The number of nitro groups is 1. The van der Waals surface area contributed by atoms with Crippen molar-refractivity contribution < 1.29 is 19.6 Å². The molecule has 0 amide bonds. The van der Waals surface area contributed by atoms with E-state index in [0.29, 0.717) is 6.42 Å². The third kappa shape index (κ3) is 3.16. The second-order valence-electron chi connectivity index (χ2n) is 4.32. The quantitative estimate of drug-likeness (QED) is 0.638. The van der Waals surface area contributed by atoms with Crippen LogP contribution in [0.5, 0.6) is 5.88 Å². The van der Waals surface area contributed by atoms with Crippen LogP contribution in [0.2, 0.25) is 0 Å². The van der Waals surface area contributed by atoms with Crippen LogP contribution in [0.1, 0.15) is 37.6 Å². The molecule has 0 bridgehead atoms. The highest BCUT2D eigenvalue weighted by molar-refractivity contribution is 5.92. The minimum absolute atomic E-state index is 0.0600. The molecule has 0 spiro atoms. The molecule has 1 aromatic rings. The molecule has 0 fully saturated rings. The van der Waals surface area contributed by atoms with Gasteiger partial charge >= 0.3 is 11.7 Å². The van der Waals surface area contributed by atoms with Gasteiger partial charge in [-0.05, 0) is 20.3 Å². The van der Waals surface area contributed by atoms with E-state index in [9.17, 15) is 14.9 Å². The lowest BCUT2D eigenvalue weighted by Crippen LogP contribution is -2.27. The Kier molecular flexibility index (Phi) is 3.85. The van der Waals surface area contributed by atoms with Crippen molar-refractivity contribution in [3.8, 4) is 5.88 Å². The Morgan fingerprint density at radius 2 is 2.22 bits per heavy atom. The van der Waals surface area contributed by atoms with Crippen molar-refractivity contribution in [3.05, 3.63) is 27.9 Å². The van der Waals surface area contributed by atoms with Gasteiger partial charge in [0.15, 0.2) is 0 Å². The highest BCUT2D eigenvalue weighted by atomic mass is 16.6. The lowest BCUT2D eigenvalue weighted by atomic mass is 10.1. The van der Waals surface area contributed by atoms with Crippen LogP contribution in [0.4, 0.5) is 5.69 Å². The van der Waals surface area contributed by atoms with Crippen molar-refractivity contribution in [2.45, 2.75) is 32.8 Å². The fourth-order valence-electron chi connectivity index (χ4n) is 1.16. The van der Waals surface area contributed by atoms with Gasteiger partial charge in [0.25, 0.3) is 0 Å². The van der Waals surface area contributed by atoms with Crippen molar-refractivity contribution in [2.24, 2.45) is 0 Å². The van der Waals surface area contributed by atoms with Crippen LogP contribution in [0.3, 0.4) is 0 Å². The van der Waals surface area contributed by atoms with E-state index in [1.165, 1.54) is 0 Å². The molecule has 1 N–H and O–H groups in total. The number of carbonyl (C=O) groups is 1. The predicted octanol–water partition coefficient (Wildman–Crippen LogP) is 2.26. The number of aromatic carboxylic acids is 1. The van der Waals surface area contributed by atoms with Crippen molar-refractivity contribution in [3.63, 3.8) is 0 Å². The van der Waals surface area contributed by atoms with Gasteiger partial charge in [-0.3, -0.25) is 10.1 Å². The molecular weight excluding hydrogens is 240 g/mol. The van der Waals surface area contributed by atoms with E-state index >= 15 is 0 Å². The van der Waals surface area contributed by atoms with E-state index < -0.39 is 27.7 Å². The molecule has 0 aliphatic carbocycles. The van der Waals surface area contributed by atoms with Crippen LogP contribution in [-0.4, -0.2) is 26.6 Å². The second-order valence-corrected chi connectivity index (χ2v) is 4.32. The Bertz CT molecular complexity index is 484. The largest absolute Gasteiger partial charge is 0.477 e. The number of hydrogen-bond donors (Lipinski definition) is 1. The molecule has 18 heavy (non-hydrogen) atoms. The number of hydrogen-bond acceptors (Lipinski definition) is 5. The topological polar surface area (TPSA) is 103 Å². The van der Waals surface area contributed by atoms with Gasteiger partial charge in [0, 0.05) is 6.07 Å². The van der Waals surface area contributed by atoms with E-state index in [1.807, 2.05) is 20.8 Å². The number of carboxylic acids is 1. The maximum atomic E-state index is 10.9. The van der Waals surface area contributed by atoms with Gasteiger partial charge in [-0.15, -0.1) is 0 Å². The summed E-state index contributed by atoms with van der Waals surface area (Å²) in [7, 11) is 0. The smallest absolute Gasteiger partial charge is 0.342 e. The van der Waals surface area contributed by atoms with E-state index in [2.05, 4.69) is 4.98 Å². The average Bonchev–Trinajstić information content (AvgIpc) is 2.28. The number of rotatable bonds is 5. The highest BCUT2D eigenvalue weighted by Crippen LogP contribution is 2.24. The van der Waals surface area contributed by atoms with E-state index in [1.54, 1.807) is 0 Å². The summed E-state index contributed by atoms with van der Waals surface area (Å²) in [5, 5.41) is 19.5. The molecule has 0 aliphatic heterocycles. The Hall–Kier alpha value is -2.18. The van der Waals surface area contributed by atoms with Gasteiger partial charge in [0.2, 0.25) is 5.88 Å². The predicted molar refractivity (Wildman–Crippen MR) is 62.8 cm³/mol. The fourth-order valence-corrected chi connectivity index (χ4v) is 1.16. The molecule has 7 nitrogen and oxygen atoms in total. The number of pyridine rings is 1. The summed E-state index contributed by atoms with van der Waals surface area (Å²) in [6.45, 7) is 5.54. The summed E-state index contributed by atoms with van der Waals surface area (Å²) in [5.41, 5.74) is -1.50. The monoisotopic (exact) mass is 254 g/mol. The maximum absolute atomic E-state index is 10.9. The molecule has 0 unspecified atom stereocenters. The van der Waals surface area contributed by atoms with Gasteiger partial charge in [-0.2, -0.15) is 0 Å². The lowest BCUT2D eigenvalue weighted by molar-refractivity contribution is -0.385. The second kappa shape index (κ2) is 4.99. The highest BCUT2D eigenvalue weighted by Gasteiger charge is 2.24. The molecule has 1 aromatic heterocycles. The maximum Gasteiger partial charge on any atom is 0.342 e. The summed E-state index contributed by atoms with van der Waals surface area (Å²) < 4.78 is 5.48. The van der Waals surface area contributed by atoms with Crippen LogP contribution in [0.15, 0.2) is 12.3 Å². The van der Waals surface area contributed by atoms with Gasteiger partial charge in [-0.25, -0.2) is 9.78 Å². The Balaban J connectivity index is 3.16. The molecule has 1 heterocycles. The zero-order chi connectivity index (χ0) is 13.9. The summed E-state index contributed by atoms with van der Waals surface area (Å²) in [6.07, 6.45) is 1.58. The standard InChI is InChI=1S/C11H14N2O5/c1-4-11(2,3)18-9-5-7(10(14)15)8(6-12-9)13(16)17/h5-6H,4H2,1-3H3,(H,14,15). The minimum atomic E-state index is -1.39. The van der Waals surface area contributed by atoms with Crippen LogP contribution < -0.4 is 4.74 Å². The fraction of sp³-hybridized carbons (Fsp3) is 0.455. The van der Waals surface area contributed by atoms with Crippen molar-refractivity contribution in [1.82, 2.24) is 4.98 Å². The first-order chi connectivity index (χ1) is 8.26. The van der Waals surface area contributed by atoms with E-state index in [0.717, 1.165) is 12.3 Å². The molecule has 0 atom stereocenters. The summed E-state index contributed by atoms with van der Waals surface area (Å²) in [4.78, 5) is 24.5. The molecule has 0 aliphatic rings. The van der Waals surface area contributed by atoms with Crippen LogP contribution >= 0.6 is 0 Å². The molecule has 0 saturated heterocycles. The Labute approximate surface area is 104 Å². The first-order valence-corrected chi connectivity index (χ1v) is 5.33. The van der Waals surface area contributed by atoms with Gasteiger partial charge < -0.3 is 9.84 Å². The number of nitrogens with zero attached hydrogens (tertiary/aromatic N) is 2. The molecule has 0 radical (unpaired) electrons. The minimum Gasteiger partial charge on any atom is -0.477 e. The number of aromatic nitrogens is 1. The lowest BCUT2D eigenvalue weighted by Gasteiger charge is -2.23. The number of ether oxygens (including phenoxy) is 1. The van der Waals surface area contributed by atoms with Crippen molar-refractivity contribution >= 4 is 11.7 Å². The van der Waals surface area contributed by atoms with Crippen molar-refractivity contribution in [1.29, 1.82) is 0 Å². The normalized spacial score (nSPS) is 11.1. The molecule has 1 rings (SSSR count). The van der Waals surface area contributed by atoms with Crippen LogP contribution in [-0.2, 0) is 0 Å². The van der Waals surface area contributed by atoms with E-state index in [-0.39, 0.29) is 5.88 Å². The number of carboxylic acid groups (broad SMARTS) is 1. The summed E-state index contributed by atoms with van der Waals surface area (Å²) in [6, 6.07) is 1.07. The first kappa shape index (κ1) is 13.9. The molecule has 0 saturated carbocycles. The van der Waals surface area contributed by atoms with Crippen LogP contribution in [0.25, 0.3) is 0 Å². The average molecular weight is 254 g/mol. The van der Waals surface area contributed by atoms with Gasteiger partial charge in [-0.1, -0.05) is 6.92 Å². The Morgan fingerprint density at radius 1 is 1.61 bits per heavy atom. The molecule has 0 aromatic carbocycles.